The van der Waals surface area contributed by atoms with Gasteiger partial charge in [-0.2, -0.15) is 0 Å². The molecule has 0 aliphatic rings. The highest BCUT2D eigenvalue weighted by atomic mass is 28.2. The molecule has 0 heterocycles. The van der Waals surface area contributed by atoms with Gasteiger partial charge in [0, 0.05) is 0 Å². The van der Waals surface area contributed by atoms with Crippen molar-refractivity contribution in [2.45, 2.75) is 19.1 Å². The van der Waals surface area contributed by atoms with Crippen LogP contribution in [-0.4, -0.2) is 33.7 Å². The molecule has 0 fully saturated rings. The third-order valence-corrected chi connectivity index (χ3v) is 1.40. The number of rotatable bonds is 2. The minimum absolute atomic E-state index is 0.326. The monoisotopic (exact) mass is 149 g/mol. The summed E-state index contributed by atoms with van der Waals surface area (Å²) < 4.78 is 4.39. The average Bonchev–Trinajstić information content (AvgIpc) is 1.84. The van der Waals surface area contributed by atoms with Crippen molar-refractivity contribution < 1.29 is 14.3 Å². The predicted octanol–water partition coefficient (Wildman–Crippen LogP) is -2.48. The zero-order valence-corrected chi connectivity index (χ0v) is 7.50. The highest BCUT2D eigenvalue weighted by Crippen LogP contribution is 1.89. The summed E-state index contributed by atoms with van der Waals surface area (Å²) in [5.74, 6) is -0.531. The first-order chi connectivity index (χ1) is 4.09. The molecule has 0 aromatic carbocycles. The van der Waals surface area contributed by atoms with Crippen LogP contribution in [0.25, 0.3) is 0 Å². The average molecular weight is 149 g/mol. The Kier molecular flexibility index (Phi) is 3.44. The van der Waals surface area contributed by atoms with Crippen molar-refractivity contribution in [3.63, 3.8) is 0 Å². The number of nitrogens with two attached hydrogens (primary N) is 1. The Balaban J connectivity index is 3.72. The summed E-state index contributed by atoms with van der Waals surface area (Å²) in [5.41, 5.74) is 5.17. The van der Waals surface area contributed by atoms with Crippen LogP contribution in [0.1, 0.15) is 6.92 Å². The Labute approximate surface area is 56.5 Å². The van der Waals surface area contributed by atoms with Crippen molar-refractivity contribution in [1.29, 1.82) is 0 Å². The van der Waals surface area contributed by atoms with Crippen molar-refractivity contribution in [2.24, 2.45) is 5.73 Å². The Morgan fingerprint density at radius 3 is 2.44 bits per heavy atom. The predicted molar refractivity (Wildman–Crippen MR) is 35.7 cm³/mol. The summed E-state index contributed by atoms with van der Waals surface area (Å²) in [6, 6.07) is -0.887. The molecule has 4 nitrogen and oxygen atoms in total. The molecule has 54 valence electrons. The molecule has 3 N–H and O–H groups in total. The second kappa shape index (κ2) is 3.60. The fourth-order valence-corrected chi connectivity index (χ4v) is 0.605. The summed E-state index contributed by atoms with van der Waals surface area (Å²) in [5, 5.41) is 8.71. The molecule has 0 aromatic heterocycles. The van der Waals surface area contributed by atoms with E-state index < -0.39 is 18.1 Å². The molecule has 0 aromatic rings. The molecule has 0 bridgehead atoms. The zero-order chi connectivity index (χ0) is 7.44. The summed E-state index contributed by atoms with van der Waals surface area (Å²) in [7, 11) is 0.326. The first-order valence-corrected chi connectivity index (χ1v) is 3.42. The maximum absolute atomic E-state index is 10.5. The lowest BCUT2D eigenvalue weighted by molar-refractivity contribution is -0.137. The van der Waals surface area contributed by atoms with E-state index in [9.17, 15) is 4.79 Å². The SMILES string of the molecule is C[C@@H](O)[C@H](N)C(=O)O[SiH3]. The first kappa shape index (κ1) is 8.61. The molecule has 0 spiro atoms. The molecule has 5 heteroatoms. The molecule has 9 heavy (non-hydrogen) atoms. The van der Waals surface area contributed by atoms with E-state index >= 15 is 0 Å². The van der Waals surface area contributed by atoms with Gasteiger partial charge in [-0.1, -0.05) is 0 Å². The highest BCUT2D eigenvalue weighted by Gasteiger charge is 2.17. The van der Waals surface area contributed by atoms with Crippen molar-refractivity contribution in [3.8, 4) is 0 Å². The minimum atomic E-state index is -0.887. The highest BCUT2D eigenvalue weighted by molar-refractivity contribution is 6.06. The van der Waals surface area contributed by atoms with Crippen molar-refractivity contribution in [2.75, 3.05) is 0 Å². The fraction of sp³-hybridized carbons (Fsp3) is 0.750. The first-order valence-electron chi connectivity index (χ1n) is 2.61. The van der Waals surface area contributed by atoms with Gasteiger partial charge in [0.1, 0.15) is 6.04 Å². The molecule has 0 aliphatic carbocycles. The lowest BCUT2D eigenvalue weighted by Gasteiger charge is -2.11. The van der Waals surface area contributed by atoms with Crippen LogP contribution in [0, 0.1) is 0 Å². The third-order valence-electron chi connectivity index (χ3n) is 0.993. The summed E-state index contributed by atoms with van der Waals surface area (Å²) in [4.78, 5) is 10.5. The van der Waals surface area contributed by atoms with E-state index in [0.717, 1.165) is 0 Å². The molecular weight excluding hydrogens is 138 g/mol. The van der Waals surface area contributed by atoms with E-state index in [1.54, 1.807) is 0 Å². The van der Waals surface area contributed by atoms with Gasteiger partial charge in [-0.25, -0.2) is 0 Å². The van der Waals surface area contributed by atoms with Crippen LogP contribution >= 0.6 is 0 Å². The summed E-state index contributed by atoms with van der Waals surface area (Å²) >= 11 is 0. The van der Waals surface area contributed by atoms with Gasteiger partial charge >= 0.3 is 5.97 Å². The van der Waals surface area contributed by atoms with Gasteiger partial charge in [0.15, 0.2) is 0 Å². The molecule has 0 saturated heterocycles. The maximum atomic E-state index is 10.5. The lowest BCUT2D eigenvalue weighted by Crippen LogP contribution is -2.41. The van der Waals surface area contributed by atoms with E-state index in [4.69, 9.17) is 10.8 Å². The molecule has 0 amide bonds. The van der Waals surface area contributed by atoms with Gasteiger partial charge in [0.25, 0.3) is 0 Å². The molecule has 0 unspecified atom stereocenters. The molecule has 0 aliphatic heterocycles. The molecule has 0 rings (SSSR count). The number of hydrogen-bond acceptors (Lipinski definition) is 4. The quantitative estimate of drug-likeness (QED) is 0.426. The van der Waals surface area contributed by atoms with Crippen LogP contribution in [0.2, 0.25) is 0 Å². The summed E-state index contributed by atoms with van der Waals surface area (Å²) in [6.45, 7) is 1.45. The van der Waals surface area contributed by atoms with E-state index in [1.165, 1.54) is 6.92 Å². The minimum Gasteiger partial charge on any atom is -0.528 e. The van der Waals surface area contributed by atoms with Crippen molar-refractivity contribution in [1.82, 2.24) is 0 Å². The van der Waals surface area contributed by atoms with Gasteiger partial charge in [0.05, 0.1) is 6.10 Å². The van der Waals surface area contributed by atoms with Crippen LogP contribution in [0.5, 0.6) is 0 Å². The Morgan fingerprint density at radius 1 is 1.89 bits per heavy atom. The standard InChI is InChI=1S/C4H11NO3Si/c1-2(6)3(5)4(7)8-9/h2-3,6H,5H2,1,9H3/t2-,3+/m1/s1. The van der Waals surface area contributed by atoms with Crippen molar-refractivity contribution in [3.05, 3.63) is 0 Å². The molecule has 2 atom stereocenters. The van der Waals surface area contributed by atoms with Gasteiger partial charge < -0.3 is 15.3 Å². The number of carbonyl (C=O) groups is 1. The van der Waals surface area contributed by atoms with Crippen molar-refractivity contribution >= 4 is 16.5 Å². The van der Waals surface area contributed by atoms with Crippen LogP contribution in [-0.2, 0) is 9.22 Å². The lowest BCUT2D eigenvalue weighted by atomic mass is 10.2. The normalized spacial score (nSPS) is 16.8. The Morgan fingerprint density at radius 2 is 2.33 bits per heavy atom. The van der Waals surface area contributed by atoms with Crippen LogP contribution in [0.4, 0.5) is 0 Å². The van der Waals surface area contributed by atoms with E-state index in [1.807, 2.05) is 0 Å². The van der Waals surface area contributed by atoms with E-state index in [2.05, 4.69) is 4.43 Å². The molecule has 0 saturated carbocycles. The van der Waals surface area contributed by atoms with E-state index in [-0.39, 0.29) is 0 Å². The topological polar surface area (TPSA) is 72.5 Å². The van der Waals surface area contributed by atoms with E-state index in [0.29, 0.717) is 10.5 Å². The Bertz CT molecular complexity index is 106. The number of aliphatic hydroxyl groups excluding tert-OH is 1. The van der Waals surface area contributed by atoms with Crippen LogP contribution in [0.3, 0.4) is 0 Å². The second-order valence-electron chi connectivity index (χ2n) is 1.79. The number of aliphatic hydroxyl groups is 1. The van der Waals surface area contributed by atoms with Crippen LogP contribution < -0.4 is 5.73 Å². The molecule has 0 radical (unpaired) electrons. The summed E-state index contributed by atoms with van der Waals surface area (Å²) in [6.07, 6.45) is -0.827. The Hall–Kier alpha value is -0.393. The second-order valence-corrected chi connectivity index (χ2v) is 2.20. The maximum Gasteiger partial charge on any atom is 0.311 e. The number of carbonyl (C=O) groups excluding carboxylic acids is 1. The fourth-order valence-electron chi connectivity index (χ4n) is 0.333. The van der Waals surface area contributed by atoms with Gasteiger partial charge in [-0.3, -0.25) is 4.79 Å². The van der Waals surface area contributed by atoms with Gasteiger partial charge in [0.2, 0.25) is 10.5 Å². The zero-order valence-electron chi connectivity index (χ0n) is 5.50. The van der Waals surface area contributed by atoms with Gasteiger partial charge in [-0.05, 0) is 6.92 Å². The van der Waals surface area contributed by atoms with Crippen LogP contribution in [0.15, 0.2) is 0 Å². The number of hydrogen-bond donors (Lipinski definition) is 2. The largest absolute Gasteiger partial charge is 0.528 e. The molecular formula is C4H11NO3Si. The van der Waals surface area contributed by atoms with Gasteiger partial charge in [-0.15, -0.1) is 0 Å². The third kappa shape index (κ3) is 2.59. The smallest absolute Gasteiger partial charge is 0.311 e.